The minimum atomic E-state index is -0.0557. The summed E-state index contributed by atoms with van der Waals surface area (Å²) in [6.07, 6.45) is 1.04. The number of amides is 1. The van der Waals surface area contributed by atoms with E-state index in [9.17, 15) is 4.79 Å². The van der Waals surface area contributed by atoms with Crippen LogP contribution in [0.1, 0.15) is 37.3 Å². The number of para-hydroxylation sites is 2. The second kappa shape index (κ2) is 7.11. The average Bonchev–Trinajstić information content (AvgIpc) is 2.77. The molecule has 0 saturated heterocycles. The number of aryl methyl sites for hydroxylation is 2. The highest BCUT2D eigenvalue weighted by Crippen LogP contribution is 2.25. The van der Waals surface area contributed by atoms with Crippen molar-refractivity contribution in [2.75, 3.05) is 5.32 Å². The van der Waals surface area contributed by atoms with Crippen LogP contribution >= 0.6 is 0 Å². The van der Waals surface area contributed by atoms with Gasteiger partial charge in [-0.1, -0.05) is 17.3 Å². The van der Waals surface area contributed by atoms with Crippen molar-refractivity contribution >= 4 is 11.6 Å². The Kier molecular flexibility index (Phi) is 5.20. The quantitative estimate of drug-likeness (QED) is 0.884. The highest BCUT2D eigenvalue weighted by atomic mass is 16.5. The maximum Gasteiger partial charge on any atom is 0.224 e. The van der Waals surface area contributed by atoms with E-state index in [4.69, 9.17) is 9.26 Å². The number of rotatable bonds is 6. The van der Waals surface area contributed by atoms with Crippen LogP contribution in [0.5, 0.6) is 5.75 Å². The highest BCUT2D eigenvalue weighted by molar-refractivity contribution is 5.92. The second-order valence-corrected chi connectivity index (χ2v) is 5.51. The molecular formula is C17H22N2O3. The van der Waals surface area contributed by atoms with Gasteiger partial charge in [0.1, 0.15) is 11.5 Å². The van der Waals surface area contributed by atoms with Gasteiger partial charge < -0.3 is 14.6 Å². The molecule has 0 aliphatic carbocycles. The largest absolute Gasteiger partial charge is 0.489 e. The number of benzene rings is 1. The molecule has 0 bridgehead atoms. The van der Waals surface area contributed by atoms with Crippen molar-refractivity contribution in [2.24, 2.45) is 0 Å². The number of nitrogens with one attached hydrogen (secondary N) is 1. The Morgan fingerprint density at radius 1 is 1.32 bits per heavy atom. The van der Waals surface area contributed by atoms with Gasteiger partial charge in [-0.3, -0.25) is 4.79 Å². The summed E-state index contributed by atoms with van der Waals surface area (Å²) < 4.78 is 10.8. The third-order valence-electron chi connectivity index (χ3n) is 3.31. The van der Waals surface area contributed by atoms with Crippen LogP contribution in [0.4, 0.5) is 5.69 Å². The van der Waals surface area contributed by atoms with Crippen molar-refractivity contribution in [2.45, 2.75) is 46.6 Å². The van der Waals surface area contributed by atoms with E-state index in [1.165, 1.54) is 0 Å². The molecule has 2 aromatic rings. The van der Waals surface area contributed by atoms with Crippen LogP contribution in [-0.4, -0.2) is 17.2 Å². The zero-order valence-electron chi connectivity index (χ0n) is 13.5. The summed E-state index contributed by atoms with van der Waals surface area (Å²) in [5.74, 6) is 1.40. The van der Waals surface area contributed by atoms with Crippen molar-refractivity contribution in [3.63, 3.8) is 0 Å². The number of nitrogens with zero attached hydrogens (tertiary/aromatic N) is 1. The van der Waals surface area contributed by atoms with Crippen LogP contribution in [0.15, 0.2) is 28.8 Å². The minimum absolute atomic E-state index is 0.0557. The molecule has 0 aliphatic rings. The first kappa shape index (κ1) is 16.1. The van der Waals surface area contributed by atoms with Gasteiger partial charge in [0, 0.05) is 12.0 Å². The molecule has 1 heterocycles. The monoisotopic (exact) mass is 302 g/mol. The fourth-order valence-corrected chi connectivity index (χ4v) is 2.24. The number of carbonyl (C=O) groups excluding carboxylic acids is 1. The van der Waals surface area contributed by atoms with Gasteiger partial charge in [-0.05, 0) is 46.2 Å². The van der Waals surface area contributed by atoms with Gasteiger partial charge in [-0.25, -0.2) is 0 Å². The van der Waals surface area contributed by atoms with Gasteiger partial charge in [0.2, 0.25) is 5.91 Å². The summed E-state index contributed by atoms with van der Waals surface area (Å²) >= 11 is 0. The van der Waals surface area contributed by atoms with Crippen molar-refractivity contribution in [3.8, 4) is 5.75 Å². The first-order valence-corrected chi connectivity index (χ1v) is 7.44. The fraction of sp³-hybridized carbons (Fsp3) is 0.412. The standard InChI is InChI=1S/C17H22N2O3/c1-11(2)21-16-8-6-5-7-15(16)18-17(20)10-9-14-12(3)19-22-13(14)4/h5-8,11H,9-10H2,1-4H3,(H,18,20). The first-order valence-electron chi connectivity index (χ1n) is 7.44. The summed E-state index contributed by atoms with van der Waals surface area (Å²) in [6.45, 7) is 7.65. The Balaban J connectivity index is 1.98. The lowest BCUT2D eigenvalue weighted by atomic mass is 10.1. The molecule has 0 fully saturated rings. The zero-order chi connectivity index (χ0) is 16.1. The molecule has 1 N–H and O–H groups in total. The molecule has 0 radical (unpaired) electrons. The van der Waals surface area contributed by atoms with Crippen molar-refractivity contribution < 1.29 is 14.1 Å². The Morgan fingerprint density at radius 2 is 2.05 bits per heavy atom. The fourth-order valence-electron chi connectivity index (χ4n) is 2.24. The van der Waals surface area contributed by atoms with Gasteiger partial charge in [-0.2, -0.15) is 0 Å². The Hall–Kier alpha value is -2.30. The van der Waals surface area contributed by atoms with Gasteiger partial charge >= 0.3 is 0 Å². The molecule has 5 heteroatoms. The second-order valence-electron chi connectivity index (χ2n) is 5.51. The Bertz CT molecular complexity index is 628. The van der Waals surface area contributed by atoms with Crippen LogP contribution in [0.2, 0.25) is 0 Å². The summed E-state index contributed by atoms with van der Waals surface area (Å²) in [5.41, 5.74) is 2.54. The van der Waals surface area contributed by atoms with Gasteiger partial charge in [0.25, 0.3) is 0 Å². The lowest BCUT2D eigenvalue weighted by Gasteiger charge is -2.14. The summed E-state index contributed by atoms with van der Waals surface area (Å²) in [4.78, 5) is 12.2. The normalized spacial score (nSPS) is 10.8. The lowest BCUT2D eigenvalue weighted by molar-refractivity contribution is -0.116. The van der Waals surface area contributed by atoms with E-state index in [1.807, 2.05) is 52.0 Å². The summed E-state index contributed by atoms with van der Waals surface area (Å²) in [5, 5.41) is 6.80. The number of hydrogen-bond donors (Lipinski definition) is 1. The highest BCUT2D eigenvalue weighted by Gasteiger charge is 2.13. The van der Waals surface area contributed by atoms with E-state index in [0.29, 0.717) is 24.3 Å². The van der Waals surface area contributed by atoms with Crippen molar-refractivity contribution in [3.05, 3.63) is 41.3 Å². The van der Waals surface area contributed by atoms with Crippen LogP contribution in [0.25, 0.3) is 0 Å². The predicted molar refractivity (Wildman–Crippen MR) is 85.1 cm³/mol. The molecule has 0 unspecified atom stereocenters. The molecule has 2 rings (SSSR count). The third kappa shape index (κ3) is 4.10. The van der Waals surface area contributed by atoms with E-state index >= 15 is 0 Å². The van der Waals surface area contributed by atoms with E-state index < -0.39 is 0 Å². The Morgan fingerprint density at radius 3 is 2.68 bits per heavy atom. The number of ether oxygens (including phenoxy) is 1. The average molecular weight is 302 g/mol. The first-order chi connectivity index (χ1) is 10.5. The molecule has 0 atom stereocenters. The molecule has 0 saturated carbocycles. The summed E-state index contributed by atoms with van der Waals surface area (Å²) in [6, 6.07) is 7.45. The molecule has 0 spiro atoms. The number of aromatic nitrogens is 1. The SMILES string of the molecule is Cc1noc(C)c1CCC(=O)Nc1ccccc1OC(C)C. The van der Waals surface area contributed by atoms with Gasteiger partial charge in [0.15, 0.2) is 0 Å². The van der Waals surface area contributed by atoms with Gasteiger partial charge in [0.05, 0.1) is 17.5 Å². The molecule has 22 heavy (non-hydrogen) atoms. The smallest absolute Gasteiger partial charge is 0.224 e. The summed E-state index contributed by atoms with van der Waals surface area (Å²) in [7, 11) is 0. The molecule has 1 amide bonds. The molecule has 118 valence electrons. The van der Waals surface area contributed by atoms with Gasteiger partial charge in [-0.15, -0.1) is 0 Å². The van der Waals surface area contributed by atoms with E-state index in [-0.39, 0.29) is 12.0 Å². The molecule has 1 aromatic carbocycles. The van der Waals surface area contributed by atoms with E-state index in [1.54, 1.807) is 0 Å². The lowest BCUT2D eigenvalue weighted by Crippen LogP contribution is -2.15. The minimum Gasteiger partial charge on any atom is -0.489 e. The van der Waals surface area contributed by atoms with Crippen LogP contribution in [0, 0.1) is 13.8 Å². The molecular weight excluding hydrogens is 280 g/mol. The van der Waals surface area contributed by atoms with Crippen LogP contribution in [0.3, 0.4) is 0 Å². The van der Waals surface area contributed by atoms with Crippen LogP contribution in [-0.2, 0) is 11.2 Å². The van der Waals surface area contributed by atoms with Crippen LogP contribution < -0.4 is 10.1 Å². The number of carbonyl (C=O) groups is 1. The van der Waals surface area contributed by atoms with Crippen molar-refractivity contribution in [1.82, 2.24) is 5.16 Å². The van der Waals surface area contributed by atoms with E-state index in [2.05, 4.69) is 10.5 Å². The molecule has 1 aromatic heterocycles. The van der Waals surface area contributed by atoms with Crippen molar-refractivity contribution in [1.29, 1.82) is 0 Å². The number of hydrogen-bond acceptors (Lipinski definition) is 4. The molecule has 5 nitrogen and oxygen atoms in total. The predicted octanol–water partition coefficient (Wildman–Crippen LogP) is 3.65. The topological polar surface area (TPSA) is 64.4 Å². The number of anilines is 1. The zero-order valence-corrected chi connectivity index (χ0v) is 13.5. The third-order valence-corrected chi connectivity index (χ3v) is 3.31. The van der Waals surface area contributed by atoms with E-state index in [0.717, 1.165) is 17.0 Å². The molecule has 0 aliphatic heterocycles. The maximum atomic E-state index is 12.2. The maximum absolute atomic E-state index is 12.2. The Labute approximate surface area is 130 Å².